The van der Waals surface area contributed by atoms with Crippen molar-refractivity contribution in [1.82, 2.24) is 0 Å². The molecule has 0 radical (unpaired) electrons. The standard InChI is InChI=1S/C20H39FO2/c21-19-17-15-13-11-9-7-5-3-1-2-4-6-8-10-12-14-16-18-20(22)23/h1-19H2,(H,22,23). The zero-order valence-corrected chi connectivity index (χ0v) is 15.2. The molecule has 0 saturated carbocycles. The zero-order valence-electron chi connectivity index (χ0n) is 15.2. The van der Waals surface area contributed by atoms with Gasteiger partial charge in [-0.15, -0.1) is 0 Å². The van der Waals surface area contributed by atoms with E-state index >= 15 is 0 Å². The lowest BCUT2D eigenvalue weighted by molar-refractivity contribution is -0.137. The lowest BCUT2D eigenvalue weighted by Gasteiger charge is -2.03. The van der Waals surface area contributed by atoms with Crippen molar-refractivity contribution in [3.8, 4) is 0 Å². The first-order valence-electron chi connectivity index (χ1n) is 10.0. The summed E-state index contributed by atoms with van der Waals surface area (Å²) in [7, 11) is 0. The van der Waals surface area contributed by atoms with Crippen LogP contribution in [0.15, 0.2) is 0 Å². The summed E-state index contributed by atoms with van der Waals surface area (Å²) in [5.41, 5.74) is 0. The molecule has 0 aliphatic carbocycles. The molecule has 0 aromatic heterocycles. The first kappa shape index (κ1) is 22.4. The topological polar surface area (TPSA) is 37.3 Å². The lowest BCUT2D eigenvalue weighted by Crippen LogP contribution is -1.93. The molecule has 0 aliphatic heterocycles. The van der Waals surface area contributed by atoms with Crippen LogP contribution in [0.1, 0.15) is 116 Å². The molecule has 0 aromatic rings. The van der Waals surface area contributed by atoms with Gasteiger partial charge in [0.1, 0.15) is 0 Å². The van der Waals surface area contributed by atoms with Crippen molar-refractivity contribution >= 4 is 5.97 Å². The Bertz CT molecular complexity index is 244. The number of carboxylic acid groups (broad SMARTS) is 1. The molecule has 0 amide bonds. The zero-order chi connectivity index (χ0) is 17.0. The van der Waals surface area contributed by atoms with E-state index in [4.69, 9.17) is 5.11 Å². The van der Waals surface area contributed by atoms with E-state index in [1.807, 2.05) is 0 Å². The minimum absolute atomic E-state index is 0.148. The highest BCUT2D eigenvalue weighted by atomic mass is 19.1. The number of aliphatic carboxylic acids is 1. The first-order chi connectivity index (χ1) is 11.3. The molecule has 0 spiro atoms. The second-order valence-corrected chi connectivity index (χ2v) is 6.84. The van der Waals surface area contributed by atoms with E-state index in [0.717, 1.165) is 25.7 Å². The molecule has 0 heterocycles. The molecule has 23 heavy (non-hydrogen) atoms. The molecule has 0 fully saturated rings. The van der Waals surface area contributed by atoms with Gasteiger partial charge in [-0.2, -0.15) is 0 Å². The summed E-state index contributed by atoms with van der Waals surface area (Å²) in [6.07, 6.45) is 21.2. The maximum absolute atomic E-state index is 11.9. The summed E-state index contributed by atoms with van der Waals surface area (Å²) in [5.74, 6) is -0.665. The summed E-state index contributed by atoms with van der Waals surface area (Å²) in [4.78, 5) is 10.4. The Balaban J connectivity index is 2.96. The van der Waals surface area contributed by atoms with Gasteiger partial charge in [-0.1, -0.05) is 96.3 Å². The second-order valence-electron chi connectivity index (χ2n) is 6.84. The third kappa shape index (κ3) is 21.4. The molecule has 138 valence electrons. The lowest BCUT2D eigenvalue weighted by atomic mass is 10.0. The van der Waals surface area contributed by atoms with Gasteiger partial charge in [0.25, 0.3) is 0 Å². The number of carbonyl (C=O) groups is 1. The van der Waals surface area contributed by atoms with Gasteiger partial charge >= 0.3 is 5.97 Å². The van der Waals surface area contributed by atoms with E-state index in [1.165, 1.54) is 83.5 Å². The number of carboxylic acids is 1. The summed E-state index contributed by atoms with van der Waals surface area (Å²) < 4.78 is 11.9. The summed E-state index contributed by atoms with van der Waals surface area (Å²) >= 11 is 0. The number of unbranched alkanes of at least 4 members (excludes halogenated alkanes) is 16. The largest absolute Gasteiger partial charge is 0.481 e. The minimum Gasteiger partial charge on any atom is -0.481 e. The molecule has 0 aromatic carbocycles. The molecule has 0 bridgehead atoms. The third-order valence-corrected chi connectivity index (χ3v) is 4.52. The van der Waals surface area contributed by atoms with E-state index in [2.05, 4.69) is 0 Å². The Hall–Kier alpha value is -0.600. The summed E-state index contributed by atoms with van der Waals surface area (Å²) in [6, 6.07) is 0. The summed E-state index contributed by atoms with van der Waals surface area (Å²) in [5, 5.41) is 8.54. The maximum Gasteiger partial charge on any atom is 0.303 e. The van der Waals surface area contributed by atoms with Crippen LogP contribution >= 0.6 is 0 Å². The third-order valence-electron chi connectivity index (χ3n) is 4.52. The summed E-state index contributed by atoms with van der Waals surface area (Å²) in [6.45, 7) is -0.148. The molecule has 0 unspecified atom stereocenters. The number of hydrogen-bond acceptors (Lipinski definition) is 1. The van der Waals surface area contributed by atoms with E-state index in [9.17, 15) is 9.18 Å². The molecule has 2 nitrogen and oxygen atoms in total. The van der Waals surface area contributed by atoms with Gasteiger partial charge in [0.05, 0.1) is 6.67 Å². The van der Waals surface area contributed by atoms with Gasteiger partial charge in [-0.25, -0.2) is 0 Å². The Morgan fingerprint density at radius 1 is 0.522 bits per heavy atom. The molecular weight excluding hydrogens is 291 g/mol. The quantitative estimate of drug-likeness (QED) is 0.257. The Labute approximate surface area is 143 Å². The van der Waals surface area contributed by atoms with Gasteiger partial charge in [-0.05, 0) is 12.8 Å². The number of hydrogen-bond donors (Lipinski definition) is 1. The maximum atomic E-state index is 11.9. The molecular formula is C20H39FO2. The number of rotatable bonds is 19. The van der Waals surface area contributed by atoms with Crippen LogP contribution in [-0.4, -0.2) is 17.8 Å². The van der Waals surface area contributed by atoms with Crippen LogP contribution in [0, 0.1) is 0 Å². The van der Waals surface area contributed by atoms with Crippen LogP contribution in [0.25, 0.3) is 0 Å². The highest BCUT2D eigenvalue weighted by molar-refractivity contribution is 5.66. The molecule has 3 heteroatoms. The SMILES string of the molecule is O=C(O)CCCCCCCCCCCCCCCCCCCF. The fourth-order valence-corrected chi connectivity index (χ4v) is 3.02. The van der Waals surface area contributed by atoms with Crippen LogP contribution in [0.3, 0.4) is 0 Å². The van der Waals surface area contributed by atoms with Crippen molar-refractivity contribution in [3.05, 3.63) is 0 Å². The van der Waals surface area contributed by atoms with Crippen LogP contribution in [0.5, 0.6) is 0 Å². The van der Waals surface area contributed by atoms with E-state index in [1.54, 1.807) is 0 Å². The van der Waals surface area contributed by atoms with Crippen molar-refractivity contribution in [3.63, 3.8) is 0 Å². The van der Waals surface area contributed by atoms with Gasteiger partial charge in [0.2, 0.25) is 0 Å². The predicted octanol–water partition coefficient (Wildman–Crippen LogP) is 7.06. The Kier molecular flexibility index (Phi) is 18.9. The van der Waals surface area contributed by atoms with Gasteiger partial charge < -0.3 is 5.11 Å². The van der Waals surface area contributed by atoms with Gasteiger partial charge in [-0.3, -0.25) is 9.18 Å². The van der Waals surface area contributed by atoms with Crippen molar-refractivity contribution in [2.75, 3.05) is 6.67 Å². The average molecular weight is 331 g/mol. The molecule has 0 rings (SSSR count). The second kappa shape index (κ2) is 19.4. The normalized spacial score (nSPS) is 11.0. The van der Waals surface area contributed by atoms with Crippen LogP contribution in [0.2, 0.25) is 0 Å². The Morgan fingerprint density at radius 2 is 0.783 bits per heavy atom. The average Bonchev–Trinajstić information content (AvgIpc) is 2.53. The highest BCUT2D eigenvalue weighted by Gasteiger charge is 1.97. The van der Waals surface area contributed by atoms with E-state index < -0.39 is 5.97 Å². The van der Waals surface area contributed by atoms with Crippen molar-refractivity contribution in [2.24, 2.45) is 0 Å². The molecule has 1 N–H and O–H groups in total. The van der Waals surface area contributed by atoms with Gasteiger partial charge in [0.15, 0.2) is 0 Å². The number of halogens is 1. The van der Waals surface area contributed by atoms with Crippen LogP contribution < -0.4 is 0 Å². The van der Waals surface area contributed by atoms with E-state index in [-0.39, 0.29) is 6.67 Å². The minimum atomic E-state index is -0.665. The van der Waals surface area contributed by atoms with Crippen molar-refractivity contribution in [2.45, 2.75) is 116 Å². The van der Waals surface area contributed by atoms with Crippen molar-refractivity contribution < 1.29 is 14.3 Å². The fraction of sp³-hybridized carbons (Fsp3) is 0.950. The Morgan fingerprint density at radius 3 is 1.04 bits per heavy atom. The first-order valence-corrected chi connectivity index (χ1v) is 10.0. The smallest absolute Gasteiger partial charge is 0.303 e. The molecule has 0 saturated heterocycles. The van der Waals surface area contributed by atoms with Crippen LogP contribution in [0.4, 0.5) is 4.39 Å². The van der Waals surface area contributed by atoms with Crippen molar-refractivity contribution in [1.29, 1.82) is 0 Å². The van der Waals surface area contributed by atoms with Gasteiger partial charge in [0, 0.05) is 6.42 Å². The predicted molar refractivity (Wildman–Crippen MR) is 96.7 cm³/mol. The molecule has 0 atom stereocenters. The monoisotopic (exact) mass is 330 g/mol. The molecule has 0 aliphatic rings. The fourth-order valence-electron chi connectivity index (χ4n) is 3.02. The highest BCUT2D eigenvalue weighted by Crippen LogP contribution is 2.14. The van der Waals surface area contributed by atoms with E-state index in [0.29, 0.717) is 6.42 Å². The van der Waals surface area contributed by atoms with Crippen LogP contribution in [-0.2, 0) is 4.79 Å². The number of alkyl halides is 1.